The Bertz CT molecular complexity index is 1810. The van der Waals surface area contributed by atoms with Crippen molar-refractivity contribution in [1.82, 2.24) is 4.57 Å². The molecule has 212 valence electrons. The molecule has 0 saturated heterocycles. The fourth-order valence-electron chi connectivity index (χ4n) is 4.85. The Morgan fingerprint density at radius 3 is 2.12 bits per heavy atom. The number of halogens is 1. The minimum Gasteiger partial charge on any atom is -0.387 e. The second-order valence-corrected chi connectivity index (χ2v) is 11.4. The molecule has 0 radical (unpaired) electrons. The molecular formula is C34H29ClN2O4S. The first kappa shape index (κ1) is 29.3. The van der Waals surface area contributed by atoms with E-state index in [1.165, 1.54) is 6.92 Å². The van der Waals surface area contributed by atoms with Crippen LogP contribution in [0, 0.1) is 0 Å². The number of carbonyl (C=O) groups is 3. The zero-order valence-electron chi connectivity index (χ0n) is 23.3. The third kappa shape index (κ3) is 6.48. The molecule has 0 atom stereocenters. The molecule has 0 aliphatic rings. The topological polar surface area (TPSA) is 77.7 Å². The van der Waals surface area contributed by atoms with Crippen LogP contribution in [0.15, 0.2) is 101 Å². The fourth-order valence-corrected chi connectivity index (χ4v) is 5.83. The van der Waals surface area contributed by atoms with Crippen LogP contribution in [-0.4, -0.2) is 40.0 Å². The van der Waals surface area contributed by atoms with Crippen LogP contribution in [0.3, 0.4) is 0 Å². The van der Waals surface area contributed by atoms with Gasteiger partial charge in [0.1, 0.15) is 5.71 Å². The molecule has 1 aromatic heterocycles. The third-order valence-electron chi connectivity index (χ3n) is 6.87. The molecule has 0 unspecified atom stereocenters. The van der Waals surface area contributed by atoms with Crippen LogP contribution in [0.1, 0.15) is 46.5 Å². The number of benzene rings is 4. The van der Waals surface area contributed by atoms with Crippen LogP contribution >= 0.6 is 23.4 Å². The molecule has 0 amide bonds. The van der Waals surface area contributed by atoms with Crippen molar-refractivity contribution in [2.75, 3.05) is 12.4 Å². The molecule has 0 fully saturated rings. The van der Waals surface area contributed by atoms with Crippen LogP contribution in [0.4, 0.5) is 0 Å². The third-order valence-corrected chi connectivity index (χ3v) is 8.13. The zero-order chi connectivity index (χ0) is 29.6. The lowest BCUT2D eigenvalue weighted by Crippen LogP contribution is -2.17. The summed E-state index contributed by atoms with van der Waals surface area (Å²) < 4.78 is 2.17. The van der Waals surface area contributed by atoms with Gasteiger partial charge in [0, 0.05) is 67.1 Å². The van der Waals surface area contributed by atoms with Gasteiger partial charge >= 0.3 is 0 Å². The maximum atomic E-state index is 13.7. The number of ketones is 3. The van der Waals surface area contributed by atoms with Gasteiger partial charge in [-0.05, 0) is 74.5 Å². The van der Waals surface area contributed by atoms with Crippen LogP contribution in [0.5, 0.6) is 0 Å². The van der Waals surface area contributed by atoms with E-state index < -0.39 is 0 Å². The highest BCUT2D eigenvalue weighted by Gasteiger charge is 2.19. The lowest BCUT2D eigenvalue weighted by Gasteiger charge is -2.08. The van der Waals surface area contributed by atoms with Crippen molar-refractivity contribution in [3.63, 3.8) is 0 Å². The predicted molar refractivity (Wildman–Crippen MR) is 170 cm³/mol. The number of nitrogens with zero attached hydrogens (tertiary/aromatic N) is 2. The highest BCUT2D eigenvalue weighted by molar-refractivity contribution is 7.99. The largest absolute Gasteiger partial charge is 0.387 e. The van der Waals surface area contributed by atoms with Crippen molar-refractivity contribution < 1.29 is 19.2 Å². The summed E-state index contributed by atoms with van der Waals surface area (Å²) in [5.41, 5.74) is 3.85. The summed E-state index contributed by atoms with van der Waals surface area (Å²) in [5, 5.41) is 6.51. The normalized spacial score (nSPS) is 11.6. The van der Waals surface area contributed by atoms with Gasteiger partial charge in [0.15, 0.2) is 18.2 Å². The summed E-state index contributed by atoms with van der Waals surface area (Å²) in [7, 11) is 0. The molecule has 5 rings (SSSR count). The second kappa shape index (κ2) is 13.2. The number of thioether (sulfide) groups is 1. The van der Waals surface area contributed by atoms with Crippen molar-refractivity contribution in [2.45, 2.75) is 31.7 Å². The maximum Gasteiger partial charge on any atom is 0.210 e. The summed E-state index contributed by atoms with van der Waals surface area (Å²) in [6, 6.07) is 28.0. The Labute approximate surface area is 253 Å². The first-order valence-electron chi connectivity index (χ1n) is 13.6. The van der Waals surface area contributed by atoms with Crippen LogP contribution < -0.4 is 0 Å². The van der Waals surface area contributed by atoms with Crippen LogP contribution in [0.25, 0.3) is 21.8 Å². The Hall–Kier alpha value is -4.20. The molecule has 0 aliphatic carbocycles. The smallest absolute Gasteiger partial charge is 0.210 e. The average molecular weight is 597 g/mol. The second-order valence-electron chi connectivity index (χ2n) is 9.80. The van der Waals surface area contributed by atoms with Crippen molar-refractivity contribution in [3.05, 3.63) is 113 Å². The van der Waals surface area contributed by atoms with Gasteiger partial charge < -0.3 is 9.40 Å². The Morgan fingerprint density at radius 1 is 0.833 bits per heavy atom. The van der Waals surface area contributed by atoms with Gasteiger partial charge in [0.25, 0.3) is 0 Å². The summed E-state index contributed by atoms with van der Waals surface area (Å²) in [4.78, 5) is 44.6. The van der Waals surface area contributed by atoms with Crippen molar-refractivity contribution in [3.8, 4) is 0 Å². The number of carbonyl (C=O) groups excluding carboxylic acids is 3. The quantitative estimate of drug-likeness (QED) is 0.0630. The fraction of sp³-hybridized carbons (Fsp3) is 0.176. The van der Waals surface area contributed by atoms with Crippen LogP contribution in [0.2, 0.25) is 5.02 Å². The maximum absolute atomic E-state index is 13.7. The SMILES string of the molecule is CCn1c2ccc(C(=O)/C(CCSc3ccc(Cl)cc3)=N/OCC(C)=O)cc2c2cc(C(=O)c3ccccc3)ccc21. The van der Waals surface area contributed by atoms with Gasteiger partial charge in [-0.25, -0.2) is 0 Å². The molecule has 0 aliphatic heterocycles. The van der Waals surface area contributed by atoms with E-state index in [4.69, 9.17) is 16.4 Å². The molecule has 4 aromatic carbocycles. The number of oxime groups is 1. The highest BCUT2D eigenvalue weighted by atomic mass is 35.5. The number of aromatic nitrogens is 1. The van der Waals surface area contributed by atoms with E-state index in [-0.39, 0.29) is 29.7 Å². The van der Waals surface area contributed by atoms with Gasteiger partial charge in [-0.3, -0.25) is 14.4 Å². The first-order chi connectivity index (χ1) is 20.4. The zero-order valence-corrected chi connectivity index (χ0v) is 24.9. The molecule has 5 aromatic rings. The monoisotopic (exact) mass is 596 g/mol. The first-order valence-corrected chi connectivity index (χ1v) is 15.0. The van der Waals surface area contributed by atoms with Crippen LogP contribution in [-0.2, 0) is 16.2 Å². The summed E-state index contributed by atoms with van der Waals surface area (Å²) >= 11 is 7.57. The van der Waals surface area contributed by atoms with Gasteiger partial charge in [-0.15, -0.1) is 11.8 Å². The van der Waals surface area contributed by atoms with E-state index in [1.54, 1.807) is 30.0 Å². The number of aryl methyl sites for hydroxylation is 1. The molecule has 6 nitrogen and oxygen atoms in total. The summed E-state index contributed by atoms with van der Waals surface area (Å²) in [6.07, 6.45) is 0.342. The predicted octanol–water partition coefficient (Wildman–Crippen LogP) is 8.03. The molecule has 0 N–H and O–H groups in total. The lowest BCUT2D eigenvalue weighted by molar-refractivity contribution is -0.121. The molecule has 8 heteroatoms. The van der Waals surface area contributed by atoms with Gasteiger partial charge in [0.2, 0.25) is 5.78 Å². The minimum atomic E-state index is -0.272. The van der Waals surface area contributed by atoms with E-state index in [1.807, 2.05) is 72.8 Å². The molecule has 0 saturated carbocycles. The molecular weight excluding hydrogens is 568 g/mol. The Kier molecular flexibility index (Phi) is 9.20. The van der Waals surface area contributed by atoms with Gasteiger partial charge in [-0.2, -0.15) is 0 Å². The number of hydrogen-bond acceptors (Lipinski definition) is 6. The van der Waals surface area contributed by atoms with E-state index in [0.29, 0.717) is 33.9 Å². The minimum absolute atomic E-state index is 0.0580. The number of hydrogen-bond donors (Lipinski definition) is 0. The average Bonchev–Trinajstić information content (AvgIpc) is 3.33. The molecule has 42 heavy (non-hydrogen) atoms. The number of fused-ring (bicyclic) bond motifs is 3. The molecule has 1 heterocycles. The number of rotatable bonds is 12. The van der Waals surface area contributed by atoms with E-state index in [9.17, 15) is 14.4 Å². The Balaban J connectivity index is 1.48. The van der Waals surface area contributed by atoms with E-state index in [2.05, 4.69) is 16.6 Å². The van der Waals surface area contributed by atoms with Crippen molar-refractivity contribution >= 4 is 68.2 Å². The summed E-state index contributed by atoms with van der Waals surface area (Å²) in [5.74, 6) is 0.0667. The van der Waals surface area contributed by atoms with Crippen molar-refractivity contribution in [2.24, 2.45) is 5.16 Å². The molecule has 0 spiro atoms. The van der Waals surface area contributed by atoms with Gasteiger partial charge in [0.05, 0.1) is 0 Å². The van der Waals surface area contributed by atoms with E-state index in [0.717, 1.165) is 33.2 Å². The van der Waals surface area contributed by atoms with Gasteiger partial charge in [-0.1, -0.05) is 47.1 Å². The number of Topliss-reactive ketones (excluding diaryl/α,β-unsaturated/α-hetero) is 2. The van der Waals surface area contributed by atoms with E-state index >= 15 is 0 Å². The summed E-state index contributed by atoms with van der Waals surface area (Å²) in [6.45, 7) is 3.99. The standard InChI is InChI=1S/C34H29ClN2O4S/c1-3-37-31-15-9-24(33(39)23-7-5-4-6-8-23)19-28(31)29-20-25(10-16-32(29)37)34(40)30(36-41-21-22(2)38)17-18-42-27-13-11-26(35)12-14-27/h4-16,19-20H,3,17-18,21H2,1-2H3/b36-30+. The Morgan fingerprint density at radius 2 is 1.48 bits per heavy atom. The van der Waals surface area contributed by atoms with Crippen molar-refractivity contribution in [1.29, 1.82) is 0 Å². The highest BCUT2D eigenvalue weighted by Crippen LogP contribution is 2.32. The molecule has 0 bridgehead atoms. The lowest BCUT2D eigenvalue weighted by atomic mass is 9.99.